The lowest BCUT2D eigenvalue weighted by Gasteiger charge is -2.04. The molecule has 0 saturated heterocycles. The first kappa shape index (κ1) is 17.8. The Labute approximate surface area is 129 Å². The van der Waals surface area contributed by atoms with Gasteiger partial charge in [0.05, 0.1) is 0 Å². The Morgan fingerprint density at radius 3 is 2.38 bits per heavy atom. The van der Waals surface area contributed by atoms with Gasteiger partial charge in [-0.1, -0.05) is 38.2 Å². The van der Waals surface area contributed by atoms with E-state index in [9.17, 15) is 4.79 Å². The van der Waals surface area contributed by atoms with Crippen LogP contribution in [0.4, 0.5) is 0 Å². The quantitative estimate of drug-likeness (QED) is 0.378. The number of aromatic nitrogens is 1. The summed E-state index contributed by atoms with van der Waals surface area (Å²) in [6, 6.07) is 4.09. The highest BCUT2D eigenvalue weighted by Crippen LogP contribution is 2.08. The van der Waals surface area contributed by atoms with Gasteiger partial charge < -0.3 is 9.53 Å². The minimum Gasteiger partial charge on any atom is -0.381 e. The molecule has 1 heterocycles. The molecule has 1 rings (SSSR count). The van der Waals surface area contributed by atoms with Crippen molar-refractivity contribution in [3.8, 4) is 0 Å². The van der Waals surface area contributed by atoms with Crippen LogP contribution in [-0.2, 0) is 16.0 Å². The number of hydrogen-bond acceptors (Lipinski definition) is 3. The summed E-state index contributed by atoms with van der Waals surface area (Å²) < 4.78 is 5.66. The monoisotopic (exact) mass is 291 g/mol. The zero-order valence-corrected chi connectivity index (χ0v) is 13.1. The average molecular weight is 291 g/mol. The molecule has 0 N–H and O–H groups in total. The lowest BCUT2D eigenvalue weighted by atomic mass is 10.1. The molecular weight excluding hydrogens is 262 g/mol. The normalized spacial score (nSPS) is 10.7. The van der Waals surface area contributed by atoms with Gasteiger partial charge in [-0.3, -0.25) is 4.98 Å². The Kier molecular flexibility index (Phi) is 11.7. The van der Waals surface area contributed by atoms with Crippen molar-refractivity contribution in [3.05, 3.63) is 30.1 Å². The molecule has 0 aromatic carbocycles. The third-order valence-electron chi connectivity index (χ3n) is 3.59. The summed E-state index contributed by atoms with van der Waals surface area (Å²) in [6.07, 6.45) is 16.1. The fraction of sp³-hybridized carbons (Fsp3) is 0.667. The summed E-state index contributed by atoms with van der Waals surface area (Å²) in [4.78, 5) is 14.3. The zero-order valence-electron chi connectivity index (χ0n) is 13.1. The summed E-state index contributed by atoms with van der Waals surface area (Å²) >= 11 is 0. The summed E-state index contributed by atoms with van der Waals surface area (Å²) in [6.45, 7) is 1.73. The molecule has 3 nitrogen and oxygen atoms in total. The highest BCUT2D eigenvalue weighted by molar-refractivity contribution is 5.48. The van der Waals surface area contributed by atoms with E-state index in [0.717, 1.165) is 45.2 Å². The van der Waals surface area contributed by atoms with Crippen LogP contribution in [0.2, 0.25) is 0 Å². The van der Waals surface area contributed by atoms with Gasteiger partial charge in [-0.2, -0.15) is 0 Å². The van der Waals surface area contributed by atoms with Gasteiger partial charge in [-0.15, -0.1) is 0 Å². The van der Waals surface area contributed by atoms with E-state index in [0.29, 0.717) is 0 Å². The second kappa shape index (κ2) is 13.7. The molecule has 0 amide bonds. The Hall–Kier alpha value is -1.22. The molecule has 0 radical (unpaired) electrons. The zero-order chi connectivity index (χ0) is 15.0. The number of aldehydes is 1. The van der Waals surface area contributed by atoms with E-state index >= 15 is 0 Å². The van der Waals surface area contributed by atoms with Crippen molar-refractivity contribution in [2.45, 2.75) is 64.2 Å². The van der Waals surface area contributed by atoms with E-state index in [1.807, 2.05) is 18.5 Å². The predicted molar refractivity (Wildman–Crippen MR) is 86.4 cm³/mol. The molecule has 3 heteroatoms. The summed E-state index contributed by atoms with van der Waals surface area (Å²) in [5, 5.41) is 0. The number of aryl methyl sites for hydroxylation is 1. The first-order valence-corrected chi connectivity index (χ1v) is 8.34. The number of ether oxygens (including phenoxy) is 1. The standard InChI is InChI=1S/C18H29NO2/c20-14-7-5-3-1-2-4-6-8-15-21-16-10-12-18-11-9-13-19-17-18/h9,11,13-14,17H,1-8,10,12,15-16H2. The van der Waals surface area contributed by atoms with Gasteiger partial charge in [0, 0.05) is 32.0 Å². The molecule has 21 heavy (non-hydrogen) atoms. The van der Waals surface area contributed by atoms with Crippen LogP contribution in [-0.4, -0.2) is 24.5 Å². The summed E-state index contributed by atoms with van der Waals surface area (Å²) in [5.41, 5.74) is 1.29. The second-order valence-electron chi connectivity index (χ2n) is 5.51. The largest absolute Gasteiger partial charge is 0.381 e. The average Bonchev–Trinajstić information content (AvgIpc) is 2.53. The van der Waals surface area contributed by atoms with Crippen LogP contribution < -0.4 is 0 Å². The van der Waals surface area contributed by atoms with Crippen LogP contribution in [0.15, 0.2) is 24.5 Å². The van der Waals surface area contributed by atoms with E-state index in [1.165, 1.54) is 44.1 Å². The molecule has 0 bridgehead atoms. The maximum Gasteiger partial charge on any atom is 0.119 e. The highest BCUT2D eigenvalue weighted by atomic mass is 16.5. The Balaban J connectivity index is 1.76. The number of hydrogen-bond donors (Lipinski definition) is 0. The van der Waals surface area contributed by atoms with Crippen molar-refractivity contribution in [2.75, 3.05) is 13.2 Å². The molecule has 1 aromatic rings. The minimum absolute atomic E-state index is 0.729. The summed E-state index contributed by atoms with van der Waals surface area (Å²) in [7, 11) is 0. The molecular formula is C18H29NO2. The van der Waals surface area contributed by atoms with Crippen molar-refractivity contribution in [3.63, 3.8) is 0 Å². The molecule has 0 spiro atoms. The number of unbranched alkanes of at least 4 members (excludes halogenated alkanes) is 7. The molecule has 0 unspecified atom stereocenters. The van der Waals surface area contributed by atoms with Crippen molar-refractivity contribution in [1.82, 2.24) is 4.98 Å². The smallest absolute Gasteiger partial charge is 0.119 e. The first-order chi connectivity index (χ1) is 10.4. The molecule has 0 atom stereocenters. The van der Waals surface area contributed by atoms with Crippen molar-refractivity contribution in [1.29, 1.82) is 0 Å². The third-order valence-corrected chi connectivity index (χ3v) is 3.59. The van der Waals surface area contributed by atoms with Crippen LogP contribution >= 0.6 is 0 Å². The molecule has 118 valence electrons. The van der Waals surface area contributed by atoms with Crippen LogP contribution in [0.5, 0.6) is 0 Å². The van der Waals surface area contributed by atoms with Crippen LogP contribution in [0.25, 0.3) is 0 Å². The van der Waals surface area contributed by atoms with Crippen molar-refractivity contribution in [2.24, 2.45) is 0 Å². The Bertz CT molecular complexity index is 340. The number of carbonyl (C=O) groups excluding carboxylic acids is 1. The number of rotatable bonds is 14. The maximum absolute atomic E-state index is 10.2. The van der Waals surface area contributed by atoms with E-state index in [2.05, 4.69) is 11.1 Å². The van der Waals surface area contributed by atoms with Crippen LogP contribution in [0.1, 0.15) is 63.4 Å². The van der Waals surface area contributed by atoms with E-state index in [-0.39, 0.29) is 0 Å². The highest BCUT2D eigenvalue weighted by Gasteiger charge is 1.95. The number of carbonyl (C=O) groups is 1. The lowest BCUT2D eigenvalue weighted by molar-refractivity contribution is -0.107. The van der Waals surface area contributed by atoms with Gasteiger partial charge in [0.25, 0.3) is 0 Å². The van der Waals surface area contributed by atoms with E-state index in [1.54, 1.807) is 0 Å². The molecule has 0 aliphatic carbocycles. The lowest BCUT2D eigenvalue weighted by Crippen LogP contribution is -1.99. The van der Waals surface area contributed by atoms with Gasteiger partial charge in [0.15, 0.2) is 0 Å². The number of pyridine rings is 1. The van der Waals surface area contributed by atoms with Gasteiger partial charge in [0.2, 0.25) is 0 Å². The predicted octanol–water partition coefficient (Wildman–Crippen LogP) is 4.35. The van der Waals surface area contributed by atoms with E-state index < -0.39 is 0 Å². The maximum atomic E-state index is 10.2. The minimum atomic E-state index is 0.729. The molecule has 0 aliphatic heterocycles. The topological polar surface area (TPSA) is 39.2 Å². The molecule has 0 saturated carbocycles. The van der Waals surface area contributed by atoms with Gasteiger partial charge >= 0.3 is 0 Å². The van der Waals surface area contributed by atoms with Gasteiger partial charge in [-0.05, 0) is 37.3 Å². The fourth-order valence-electron chi connectivity index (χ4n) is 2.34. The number of nitrogens with zero attached hydrogens (tertiary/aromatic N) is 1. The van der Waals surface area contributed by atoms with Gasteiger partial charge in [0.1, 0.15) is 6.29 Å². The SMILES string of the molecule is O=CCCCCCCCCCOCCCc1cccnc1. The van der Waals surface area contributed by atoms with Gasteiger partial charge in [-0.25, -0.2) is 0 Å². The first-order valence-electron chi connectivity index (χ1n) is 8.34. The second-order valence-corrected chi connectivity index (χ2v) is 5.51. The van der Waals surface area contributed by atoms with Crippen molar-refractivity contribution >= 4 is 6.29 Å². The molecule has 0 aliphatic rings. The molecule has 0 fully saturated rings. The fourth-order valence-corrected chi connectivity index (χ4v) is 2.34. The van der Waals surface area contributed by atoms with Crippen molar-refractivity contribution < 1.29 is 9.53 Å². The van der Waals surface area contributed by atoms with E-state index in [4.69, 9.17) is 4.74 Å². The summed E-state index contributed by atoms with van der Waals surface area (Å²) in [5.74, 6) is 0. The van der Waals surface area contributed by atoms with Crippen LogP contribution in [0.3, 0.4) is 0 Å². The Morgan fingerprint density at radius 1 is 0.952 bits per heavy atom. The third kappa shape index (κ3) is 11.1. The van der Waals surface area contributed by atoms with Crippen LogP contribution in [0, 0.1) is 0 Å². The Morgan fingerprint density at radius 2 is 1.67 bits per heavy atom. The molecule has 1 aromatic heterocycles.